The number of hydrogen-bond donors (Lipinski definition) is 0. The molecule has 0 aromatic carbocycles. The Hall–Kier alpha value is -1.78. The first-order valence-electron chi connectivity index (χ1n) is 9.13. The second-order valence-electron chi connectivity index (χ2n) is 6.74. The minimum Gasteiger partial charge on any atom is -0.466 e. The molecular formula is C19H30N2O3. The second-order valence-corrected chi connectivity index (χ2v) is 6.74. The lowest BCUT2D eigenvalue weighted by Gasteiger charge is -2.35. The van der Waals surface area contributed by atoms with E-state index in [2.05, 4.69) is 13.8 Å². The van der Waals surface area contributed by atoms with Crippen LogP contribution in [0.4, 0.5) is 0 Å². The summed E-state index contributed by atoms with van der Waals surface area (Å²) >= 11 is 0. The summed E-state index contributed by atoms with van der Waals surface area (Å²) in [5, 5.41) is 0. The highest BCUT2D eigenvalue weighted by Crippen LogP contribution is 2.23. The summed E-state index contributed by atoms with van der Waals surface area (Å²) in [5.41, 5.74) is 0.625. The molecule has 0 N–H and O–H groups in total. The Morgan fingerprint density at radius 2 is 1.92 bits per heavy atom. The number of piperidine rings is 1. The van der Waals surface area contributed by atoms with E-state index in [9.17, 15) is 9.59 Å². The van der Waals surface area contributed by atoms with E-state index in [1.807, 2.05) is 23.6 Å². The zero-order valence-electron chi connectivity index (χ0n) is 15.4. The molecule has 0 bridgehead atoms. The standard InChI is InChI=1S/C19H30N2O3/c1-5-9-20(10-6-2)18(22)16-8-7-11-21(13-16)19(23)17-12-14(3)24-15(17)4/h12,16H,5-11,13H2,1-4H3. The fourth-order valence-corrected chi connectivity index (χ4v) is 3.51. The van der Waals surface area contributed by atoms with Gasteiger partial charge in [0.25, 0.3) is 5.91 Å². The van der Waals surface area contributed by atoms with Crippen LogP contribution in [0.3, 0.4) is 0 Å². The van der Waals surface area contributed by atoms with E-state index >= 15 is 0 Å². The number of rotatable bonds is 6. The van der Waals surface area contributed by atoms with Crippen LogP contribution in [0, 0.1) is 19.8 Å². The number of carbonyl (C=O) groups is 2. The molecular weight excluding hydrogens is 304 g/mol. The third-order valence-electron chi connectivity index (χ3n) is 4.63. The molecule has 1 saturated heterocycles. The van der Waals surface area contributed by atoms with Gasteiger partial charge in [-0.1, -0.05) is 13.8 Å². The van der Waals surface area contributed by atoms with E-state index in [1.54, 1.807) is 6.07 Å². The summed E-state index contributed by atoms with van der Waals surface area (Å²) in [4.78, 5) is 29.4. The van der Waals surface area contributed by atoms with Crippen molar-refractivity contribution < 1.29 is 14.0 Å². The van der Waals surface area contributed by atoms with Crippen LogP contribution >= 0.6 is 0 Å². The van der Waals surface area contributed by atoms with Crippen molar-refractivity contribution in [2.24, 2.45) is 5.92 Å². The first-order chi connectivity index (χ1) is 11.5. The van der Waals surface area contributed by atoms with E-state index in [0.29, 0.717) is 24.4 Å². The van der Waals surface area contributed by atoms with Crippen molar-refractivity contribution in [2.75, 3.05) is 26.2 Å². The van der Waals surface area contributed by atoms with E-state index < -0.39 is 0 Å². The highest BCUT2D eigenvalue weighted by molar-refractivity contribution is 5.95. The molecule has 1 fully saturated rings. The van der Waals surface area contributed by atoms with Crippen LogP contribution in [-0.2, 0) is 4.79 Å². The van der Waals surface area contributed by atoms with Crippen LogP contribution in [0.25, 0.3) is 0 Å². The van der Waals surface area contributed by atoms with Crippen LogP contribution in [-0.4, -0.2) is 47.8 Å². The summed E-state index contributed by atoms with van der Waals surface area (Å²) in [5.74, 6) is 1.52. The molecule has 134 valence electrons. The topological polar surface area (TPSA) is 53.8 Å². The van der Waals surface area contributed by atoms with Gasteiger partial charge in [-0.3, -0.25) is 9.59 Å². The maximum Gasteiger partial charge on any atom is 0.257 e. The summed E-state index contributed by atoms with van der Waals surface area (Å²) < 4.78 is 5.48. The minimum atomic E-state index is -0.0749. The van der Waals surface area contributed by atoms with Crippen molar-refractivity contribution in [3.05, 3.63) is 23.2 Å². The molecule has 2 amide bonds. The zero-order valence-corrected chi connectivity index (χ0v) is 15.4. The van der Waals surface area contributed by atoms with Gasteiger partial charge in [-0.25, -0.2) is 0 Å². The molecule has 5 nitrogen and oxygen atoms in total. The molecule has 0 spiro atoms. The molecule has 5 heteroatoms. The van der Waals surface area contributed by atoms with Crippen molar-refractivity contribution in [2.45, 2.75) is 53.4 Å². The Kier molecular flexibility index (Phi) is 6.46. The second kappa shape index (κ2) is 8.36. The van der Waals surface area contributed by atoms with E-state index in [4.69, 9.17) is 4.42 Å². The summed E-state index contributed by atoms with van der Waals surface area (Å²) in [6, 6.07) is 1.80. The molecule has 0 radical (unpaired) electrons. The van der Waals surface area contributed by atoms with Crippen molar-refractivity contribution in [3.63, 3.8) is 0 Å². The van der Waals surface area contributed by atoms with Crippen LogP contribution in [0.5, 0.6) is 0 Å². The van der Waals surface area contributed by atoms with Gasteiger partial charge in [0.05, 0.1) is 11.5 Å². The number of carbonyl (C=O) groups excluding carboxylic acids is 2. The van der Waals surface area contributed by atoms with Crippen molar-refractivity contribution in [3.8, 4) is 0 Å². The Bertz CT molecular complexity index is 573. The Morgan fingerprint density at radius 3 is 2.46 bits per heavy atom. The summed E-state index contributed by atoms with van der Waals surface area (Å²) in [6.45, 7) is 10.7. The number of nitrogens with zero attached hydrogens (tertiary/aromatic N) is 2. The van der Waals surface area contributed by atoms with Crippen LogP contribution < -0.4 is 0 Å². The normalized spacial score (nSPS) is 17.8. The quantitative estimate of drug-likeness (QED) is 0.801. The molecule has 1 aliphatic rings. The molecule has 1 aromatic rings. The highest BCUT2D eigenvalue weighted by Gasteiger charge is 2.32. The fraction of sp³-hybridized carbons (Fsp3) is 0.684. The monoisotopic (exact) mass is 334 g/mol. The lowest BCUT2D eigenvalue weighted by Crippen LogP contribution is -2.47. The maximum absolute atomic E-state index is 12.8. The van der Waals surface area contributed by atoms with Gasteiger partial charge in [0.1, 0.15) is 11.5 Å². The van der Waals surface area contributed by atoms with Gasteiger partial charge in [0.15, 0.2) is 0 Å². The molecule has 24 heavy (non-hydrogen) atoms. The maximum atomic E-state index is 12.8. The van der Waals surface area contributed by atoms with E-state index in [1.165, 1.54) is 0 Å². The predicted molar refractivity (Wildman–Crippen MR) is 94.0 cm³/mol. The minimum absolute atomic E-state index is 0.0145. The smallest absolute Gasteiger partial charge is 0.257 e. The first-order valence-corrected chi connectivity index (χ1v) is 9.13. The van der Waals surface area contributed by atoms with Gasteiger partial charge in [0.2, 0.25) is 5.91 Å². The molecule has 1 aromatic heterocycles. The average molecular weight is 334 g/mol. The first kappa shape index (κ1) is 18.6. The van der Waals surface area contributed by atoms with Crippen molar-refractivity contribution >= 4 is 11.8 Å². The predicted octanol–water partition coefficient (Wildman–Crippen LogP) is 3.40. The number of likely N-dealkylation sites (tertiary alicyclic amines) is 1. The van der Waals surface area contributed by atoms with Crippen molar-refractivity contribution in [1.82, 2.24) is 9.80 Å². The molecule has 0 saturated carbocycles. The summed E-state index contributed by atoms with van der Waals surface area (Å²) in [7, 11) is 0. The Balaban J connectivity index is 2.06. The van der Waals surface area contributed by atoms with Gasteiger partial charge in [-0.2, -0.15) is 0 Å². The molecule has 1 aliphatic heterocycles. The Labute approximate surface area is 145 Å². The lowest BCUT2D eigenvalue weighted by atomic mass is 9.95. The lowest BCUT2D eigenvalue weighted by molar-refractivity contribution is -0.137. The summed E-state index contributed by atoms with van der Waals surface area (Å²) in [6.07, 6.45) is 3.68. The van der Waals surface area contributed by atoms with E-state index in [0.717, 1.165) is 44.5 Å². The average Bonchev–Trinajstić information content (AvgIpc) is 2.92. The molecule has 1 atom stereocenters. The molecule has 2 rings (SSSR count). The third kappa shape index (κ3) is 4.19. The number of hydrogen-bond acceptors (Lipinski definition) is 3. The molecule has 0 aliphatic carbocycles. The van der Waals surface area contributed by atoms with Gasteiger partial charge >= 0.3 is 0 Å². The largest absolute Gasteiger partial charge is 0.466 e. The van der Waals surface area contributed by atoms with Crippen LogP contribution in [0.2, 0.25) is 0 Å². The fourth-order valence-electron chi connectivity index (χ4n) is 3.51. The number of furan rings is 1. The number of amides is 2. The SMILES string of the molecule is CCCN(CCC)C(=O)C1CCCN(C(=O)c2cc(C)oc2C)C1. The van der Waals surface area contributed by atoms with Gasteiger partial charge in [-0.05, 0) is 45.6 Å². The van der Waals surface area contributed by atoms with Crippen LogP contribution in [0.1, 0.15) is 61.4 Å². The number of aryl methyl sites for hydroxylation is 2. The molecule has 2 heterocycles. The van der Waals surface area contributed by atoms with Crippen molar-refractivity contribution in [1.29, 1.82) is 0 Å². The third-order valence-corrected chi connectivity index (χ3v) is 4.63. The molecule has 1 unspecified atom stereocenters. The van der Waals surface area contributed by atoms with E-state index in [-0.39, 0.29) is 17.7 Å². The van der Waals surface area contributed by atoms with Gasteiger partial charge in [-0.15, -0.1) is 0 Å². The Morgan fingerprint density at radius 1 is 1.25 bits per heavy atom. The van der Waals surface area contributed by atoms with Gasteiger partial charge < -0.3 is 14.2 Å². The van der Waals surface area contributed by atoms with Gasteiger partial charge in [0, 0.05) is 26.2 Å². The van der Waals surface area contributed by atoms with Crippen LogP contribution in [0.15, 0.2) is 10.5 Å². The zero-order chi connectivity index (χ0) is 17.7. The highest BCUT2D eigenvalue weighted by atomic mass is 16.3.